The van der Waals surface area contributed by atoms with Gasteiger partial charge >= 0.3 is 0 Å². The van der Waals surface area contributed by atoms with Crippen LogP contribution < -0.4 is 4.90 Å². The average molecular weight is 352 g/mol. The Bertz CT molecular complexity index is 855. The fourth-order valence-corrected chi connectivity index (χ4v) is 3.98. The number of hydrogen-bond donors (Lipinski definition) is 0. The first-order valence-corrected chi connectivity index (χ1v) is 8.92. The molecule has 1 amide bonds. The zero-order valence-corrected chi connectivity index (χ0v) is 14.5. The number of ketones is 1. The normalized spacial score (nSPS) is 20.7. The van der Waals surface area contributed by atoms with E-state index in [9.17, 15) is 9.59 Å². The van der Waals surface area contributed by atoms with Crippen LogP contribution in [0.5, 0.6) is 0 Å². The van der Waals surface area contributed by atoms with Crippen molar-refractivity contribution >= 4 is 29.0 Å². The molecule has 25 heavy (non-hydrogen) atoms. The van der Waals surface area contributed by atoms with Crippen LogP contribution in [-0.2, 0) is 9.59 Å². The topological polar surface area (TPSA) is 37.4 Å². The summed E-state index contributed by atoms with van der Waals surface area (Å²) < 4.78 is 0. The van der Waals surface area contributed by atoms with Crippen molar-refractivity contribution in [2.45, 2.75) is 31.6 Å². The molecule has 2 aromatic carbocycles. The Balaban J connectivity index is 1.85. The van der Waals surface area contributed by atoms with E-state index in [1.807, 2.05) is 54.6 Å². The van der Waals surface area contributed by atoms with Crippen LogP contribution in [-0.4, -0.2) is 11.7 Å². The fourth-order valence-electron chi connectivity index (χ4n) is 3.85. The van der Waals surface area contributed by atoms with Crippen LogP contribution in [0.3, 0.4) is 0 Å². The number of hydrogen-bond acceptors (Lipinski definition) is 2. The predicted octanol–water partition coefficient (Wildman–Crippen LogP) is 4.87. The van der Waals surface area contributed by atoms with Crippen LogP contribution in [0.2, 0.25) is 5.02 Å². The fraction of sp³-hybridized carbons (Fsp3) is 0.238. The number of carbonyl (C=O) groups is 2. The van der Waals surface area contributed by atoms with E-state index in [4.69, 9.17) is 11.6 Å². The van der Waals surface area contributed by atoms with E-state index in [1.165, 1.54) is 0 Å². The van der Waals surface area contributed by atoms with Gasteiger partial charge in [-0.1, -0.05) is 41.9 Å². The molecule has 0 unspecified atom stereocenters. The van der Waals surface area contributed by atoms with Gasteiger partial charge in [0.1, 0.15) is 0 Å². The molecule has 2 aliphatic rings. The van der Waals surface area contributed by atoms with Gasteiger partial charge in [0, 0.05) is 40.7 Å². The molecule has 0 N–H and O–H groups in total. The summed E-state index contributed by atoms with van der Waals surface area (Å²) in [4.78, 5) is 27.5. The van der Waals surface area contributed by atoms with E-state index in [2.05, 4.69) is 0 Å². The molecular formula is C21H18ClNO2. The van der Waals surface area contributed by atoms with Gasteiger partial charge in [-0.05, 0) is 42.7 Å². The molecule has 0 spiro atoms. The van der Waals surface area contributed by atoms with Gasteiger partial charge in [-0.3, -0.25) is 14.5 Å². The highest BCUT2D eigenvalue weighted by atomic mass is 35.5. The van der Waals surface area contributed by atoms with Gasteiger partial charge in [0.2, 0.25) is 5.91 Å². The molecule has 1 aliphatic carbocycles. The van der Waals surface area contributed by atoms with Crippen LogP contribution in [0.4, 0.5) is 5.69 Å². The van der Waals surface area contributed by atoms with Gasteiger partial charge in [0.05, 0.1) is 0 Å². The largest absolute Gasteiger partial charge is 0.294 e. The highest BCUT2D eigenvalue weighted by Gasteiger charge is 2.39. The molecule has 1 aliphatic heterocycles. The molecule has 1 atom stereocenters. The lowest BCUT2D eigenvalue weighted by molar-refractivity contribution is -0.119. The summed E-state index contributed by atoms with van der Waals surface area (Å²) in [6.07, 6.45) is 2.41. The number of para-hydroxylation sites is 1. The molecule has 4 heteroatoms. The van der Waals surface area contributed by atoms with E-state index >= 15 is 0 Å². The first-order valence-electron chi connectivity index (χ1n) is 8.55. The number of halogens is 1. The molecule has 4 rings (SSSR count). The zero-order chi connectivity index (χ0) is 17.4. The van der Waals surface area contributed by atoms with Gasteiger partial charge in [-0.25, -0.2) is 0 Å². The number of amides is 1. The highest BCUT2D eigenvalue weighted by molar-refractivity contribution is 6.30. The Morgan fingerprint density at radius 2 is 1.64 bits per heavy atom. The van der Waals surface area contributed by atoms with Crippen molar-refractivity contribution in [1.29, 1.82) is 0 Å². The molecule has 0 radical (unpaired) electrons. The summed E-state index contributed by atoms with van der Waals surface area (Å²) >= 11 is 5.99. The van der Waals surface area contributed by atoms with Gasteiger partial charge in [-0.15, -0.1) is 0 Å². The quantitative estimate of drug-likeness (QED) is 0.774. The molecule has 0 aromatic heterocycles. The molecule has 126 valence electrons. The second kappa shape index (κ2) is 6.49. The first kappa shape index (κ1) is 16.1. The lowest BCUT2D eigenvalue weighted by Crippen LogP contribution is -2.40. The van der Waals surface area contributed by atoms with E-state index in [0.29, 0.717) is 17.9 Å². The van der Waals surface area contributed by atoms with Gasteiger partial charge in [0.25, 0.3) is 0 Å². The maximum atomic E-state index is 13.0. The van der Waals surface area contributed by atoms with E-state index in [0.717, 1.165) is 35.4 Å². The standard InChI is InChI=1S/C21H18ClNO2/c22-15-11-9-14(10-12-15)17-13-20(25)23(16-5-2-1-3-6-16)18-7-4-8-19(24)21(17)18/h1-3,5-6,9-12,17H,4,7-8,13H2/t17-/m0/s1. The Labute approximate surface area is 151 Å². The minimum Gasteiger partial charge on any atom is -0.294 e. The zero-order valence-electron chi connectivity index (χ0n) is 13.7. The third-order valence-electron chi connectivity index (χ3n) is 4.96. The van der Waals surface area contributed by atoms with Crippen molar-refractivity contribution in [3.05, 3.63) is 76.5 Å². The minimum absolute atomic E-state index is 0.0413. The van der Waals surface area contributed by atoms with Crippen LogP contribution in [0.15, 0.2) is 65.9 Å². The number of rotatable bonds is 2. The van der Waals surface area contributed by atoms with Gasteiger partial charge in [-0.2, -0.15) is 0 Å². The number of carbonyl (C=O) groups excluding carboxylic acids is 2. The van der Waals surface area contributed by atoms with E-state index in [1.54, 1.807) is 4.90 Å². The van der Waals surface area contributed by atoms with E-state index < -0.39 is 0 Å². The second-order valence-corrected chi connectivity index (χ2v) is 6.95. The molecule has 2 aromatic rings. The average Bonchev–Trinajstić information content (AvgIpc) is 2.62. The second-order valence-electron chi connectivity index (χ2n) is 6.51. The smallest absolute Gasteiger partial charge is 0.232 e. The van der Waals surface area contributed by atoms with Crippen LogP contribution in [0.1, 0.15) is 37.2 Å². The Morgan fingerprint density at radius 3 is 2.36 bits per heavy atom. The molecule has 3 nitrogen and oxygen atoms in total. The molecule has 0 fully saturated rings. The monoisotopic (exact) mass is 351 g/mol. The maximum Gasteiger partial charge on any atom is 0.232 e. The molecule has 1 heterocycles. The van der Waals surface area contributed by atoms with Gasteiger partial charge in [0.15, 0.2) is 5.78 Å². The molecular weight excluding hydrogens is 334 g/mol. The lowest BCUT2D eigenvalue weighted by Gasteiger charge is -2.38. The van der Waals surface area contributed by atoms with Crippen LogP contribution >= 0.6 is 11.6 Å². The number of Topliss-reactive ketones (excluding diaryl/α,β-unsaturated/α-hetero) is 1. The van der Waals surface area contributed by atoms with Crippen LogP contribution in [0, 0.1) is 0 Å². The van der Waals surface area contributed by atoms with Crippen molar-refractivity contribution in [2.24, 2.45) is 0 Å². The SMILES string of the molecule is O=C1CCCC2=C1[C@H](c1ccc(Cl)cc1)CC(=O)N2c1ccccc1. The molecule has 0 saturated heterocycles. The maximum absolute atomic E-state index is 13.0. The third kappa shape index (κ3) is 2.89. The first-order chi connectivity index (χ1) is 12.1. The van der Waals surface area contributed by atoms with Crippen molar-refractivity contribution in [3.63, 3.8) is 0 Å². The number of allylic oxidation sites excluding steroid dienone is 2. The molecule has 0 saturated carbocycles. The number of anilines is 1. The third-order valence-corrected chi connectivity index (χ3v) is 5.21. The Morgan fingerprint density at radius 1 is 0.920 bits per heavy atom. The summed E-state index contributed by atoms with van der Waals surface area (Å²) in [5, 5.41) is 0.654. The number of benzene rings is 2. The molecule has 0 bridgehead atoms. The Hall–Kier alpha value is -2.39. The number of nitrogens with zero attached hydrogens (tertiary/aromatic N) is 1. The predicted molar refractivity (Wildman–Crippen MR) is 98.6 cm³/mol. The Kier molecular flexibility index (Phi) is 4.18. The van der Waals surface area contributed by atoms with Crippen LogP contribution in [0.25, 0.3) is 0 Å². The summed E-state index contributed by atoms with van der Waals surface area (Å²) in [6.45, 7) is 0. The van der Waals surface area contributed by atoms with Crippen molar-refractivity contribution in [3.8, 4) is 0 Å². The van der Waals surface area contributed by atoms with Crippen molar-refractivity contribution in [2.75, 3.05) is 4.90 Å². The summed E-state index contributed by atoms with van der Waals surface area (Å²) in [7, 11) is 0. The van der Waals surface area contributed by atoms with Gasteiger partial charge < -0.3 is 0 Å². The van der Waals surface area contributed by atoms with Crippen molar-refractivity contribution in [1.82, 2.24) is 0 Å². The van der Waals surface area contributed by atoms with E-state index in [-0.39, 0.29) is 17.6 Å². The highest BCUT2D eigenvalue weighted by Crippen LogP contribution is 2.43. The summed E-state index contributed by atoms with van der Waals surface area (Å²) in [6, 6.07) is 17.1. The summed E-state index contributed by atoms with van der Waals surface area (Å²) in [5.41, 5.74) is 3.49. The summed E-state index contributed by atoms with van der Waals surface area (Å²) in [5.74, 6) is 0.0294. The van der Waals surface area contributed by atoms with Crippen molar-refractivity contribution < 1.29 is 9.59 Å². The lowest BCUT2D eigenvalue weighted by atomic mass is 9.77. The minimum atomic E-state index is -0.174.